The van der Waals surface area contributed by atoms with E-state index in [-0.39, 0.29) is 18.0 Å². The molecule has 0 fully saturated rings. The van der Waals surface area contributed by atoms with Crippen LogP contribution in [0.3, 0.4) is 0 Å². The molecule has 1 aromatic heterocycles. The van der Waals surface area contributed by atoms with Crippen LogP contribution in [0.4, 0.5) is 4.39 Å². The number of halogens is 1. The van der Waals surface area contributed by atoms with Gasteiger partial charge in [-0.2, -0.15) is 0 Å². The summed E-state index contributed by atoms with van der Waals surface area (Å²) in [5, 5.41) is 5.17. The first-order chi connectivity index (χ1) is 10.5. The van der Waals surface area contributed by atoms with Crippen molar-refractivity contribution in [1.82, 2.24) is 10.6 Å². The van der Waals surface area contributed by atoms with Crippen LogP contribution in [0.15, 0.2) is 41.0 Å². The minimum Gasteiger partial charge on any atom is -0.467 e. The van der Waals surface area contributed by atoms with Crippen molar-refractivity contribution in [3.05, 3.63) is 59.3 Å². The van der Waals surface area contributed by atoms with Crippen LogP contribution in [0.2, 0.25) is 0 Å². The summed E-state index contributed by atoms with van der Waals surface area (Å²) < 4.78 is 18.5. The largest absolute Gasteiger partial charge is 0.467 e. The zero-order valence-corrected chi connectivity index (χ0v) is 12.4. The van der Waals surface area contributed by atoms with Crippen LogP contribution >= 0.6 is 0 Å². The molecule has 6 heteroatoms. The van der Waals surface area contributed by atoms with Crippen molar-refractivity contribution in [2.24, 2.45) is 0 Å². The molecule has 0 saturated heterocycles. The molecule has 1 aromatic carbocycles. The molecule has 0 bridgehead atoms. The number of rotatable bonds is 5. The van der Waals surface area contributed by atoms with Gasteiger partial charge in [0.05, 0.1) is 12.8 Å². The third kappa shape index (κ3) is 3.94. The lowest BCUT2D eigenvalue weighted by Gasteiger charge is -2.14. The number of hydrogen-bond acceptors (Lipinski definition) is 3. The number of hydrogen-bond donors (Lipinski definition) is 2. The third-order valence-electron chi connectivity index (χ3n) is 3.19. The molecule has 2 rings (SSSR count). The van der Waals surface area contributed by atoms with Gasteiger partial charge < -0.3 is 15.1 Å². The topological polar surface area (TPSA) is 71.3 Å². The highest BCUT2D eigenvalue weighted by atomic mass is 19.1. The van der Waals surface area contributed by atoms with Crippen molar-refractivity contribution < 1.29 is 18.4 Å². The van der Waals surface area contributed by atoms with Gasteiger partial charge in [-0.15, -0.1) is 0 Å². The lowest BCUT2D eigenvalue weighted by Crippen LogP contribution is -2.44. The Morgan fingerprint density at radius 2 is 2.09 bits per heavy atom. The first-order valence-electron chi connectivity index (χ1n) is 6.84. The van der Waals surface area contributed by atoms with E-state index in [0.717, 1.165) is 6.07 Å². The normalized spacial score (nSPS) is 11.8. The first kappa shape index (κ1) is 15.8. The third-order valence-corrected chi connectivity index (χ3v) is 3.19. The number of benzene rings is 1. The van der Waals surface area contributed by atoms with Gasteiger partial charge in [0.25, 0.3) is 5.91 Å². The zero-order valence-electron chi connectivity index (χ0n) is 12.4. The molecule has 0 radical (unpaired) electrons. The predicted octanol–water partition coefficient (Wildman–Crippen LogP) is 2.16. The smallest absolute Gasteiger partial charge is 0.252 e. The molecular formula is C16H17FN2O3. The number of nitrogens with one attached hydrogen (secondary N) is 2. The Labute approximate surface area is 127 Å². The highest BCUT2D eigenvalue weighted by Gasteiger charge is 2.17. The van der Waals surface area contributed by atoms with Crippen LogP contribution in [-0.4, -0.2) is 17.9 Å². The maximum Gasteiger partial charge on any atom is 0.252 e. The van der Waals surface area contributed by atoms with Gasteiger partial charge in [-0.1, -0.05) is 6.07 Å². The van der Waals surface area contributed by atoms with Gasteiger partial charge in [-0.3, -0.25) is 9.59 Å². The Kier molecular flexibility index (Phi) is 4.93. The van der Waals surface area contributed by atoms with Crippen molar-refractivity contribution in [2.75, 3.05) is 0 Å². The number of amides is 2. The van der Waals surface area contributed by atoms with Crippen molar-refractivity contribution in [1.29, 1.82) is 0 Å². The number of carbonyl (C=O) groups excluding carboxylic acids is 2. The van der Waals surface area contributed by atoms with Gasteiger partial charge in [-0.05, 0) is 43.7 Å². The van der Waals surface area contributed by atoms with E-state index in [9.17, 15) is 14.0 Å². The lowest BCUT2D eigenvalue weighted by molar-refractivity contribution is -0.122. The maximum absolute atomic E-state index is 13.4. The van der Waals surface area contributed by atoms with Crippen LogP contribution in [0.5, 0.6) is 0 Å². The van der Waals surface area contributed by atoms with Crippen molar-refractivity contribution in [3.63, 3.8) is 0 Å². The lowest BCUT2D eigenvalue weighted by atomic mass is 10.1. The van der Waals surface area contributed by atoms with E-state index in [0.29, 0.717) is 11.3 Å². The molecule has 5 nitrogen and oxygen atoms in total. The molecule has 22 heavy (non-hydrogen) atoms. The number of aryl methyl sites for hydroxylation is 1. The van der Waals surface area contributed by atoms with Crippen molar-refractivity contribution >= 4 is 11.8 Å². The summed E-state index contributed by atoms with van der Waals surface area (Å²) in [6.07, 6.45) is 1.51. The average molecular weight is 304 g/mol. The SMILES string of the molecule is Cc1ccc(C(=O)N[C@@H](C)C(=O)NCc2ccco2)cc1F. The summed E-state index contributed by atoms with van der Waals surface area (Å²) in [6.45, 7) is 3.41. The van der Waals surface area contributed by atoms with E-state index in [1.54, 1.807) is 26.0 Å². The Bertz CT molecular complexity index is 668. The summed E-state index contributed by atoms with van der Waals surface area (Å²) in [5.41, 5.74) is 0.634. The zero-order chi connectivity index (χ0) is 16.1. The molecule has 0 saturated carbocycles. The van der Waals surface area contributed by atoms with Crippen molar-refractivity contribution in [3.8, 4) is 0 Å². The molecule has 1 atom stereocenters. The molecule has 2 aromatic rings. The quantitative estimate of drug-likeness (QED) is 0.889. The van der Waals surface area contributed by atoms with Gasteiger partial charge in [-0.25, -0.2) is 4.39 Å². The fourth-order valence-electron chi connectivity index (χ4n) is 1.82. The molecule has 2 N–H and O–H groups in total. The summed E-state index contributed by atoms with van der Waals surface area (Å²) in [4.78, 5) is 23.9. The van der Waals surface area contributed by atoms with Gasteiger partial charge >= 0.3 is 0 Å². The molecule has 0 aliphatic carbocycles. The van der Waals surface area contributed by atoms with E-state index < -0.39 is 17.8 Å². The molecule has 1 heterocycles. The minimum atomic E-state index is -0.744. The monoisotopic (exact) mass is 304 g/mol. The first-order valence-corrected chi connectivity index (χ1v) is 6.84. The van der Waals surface area contributed by atoms with Gasteiger partial charge in [0.1, 0.15) is 17.6 Å². The molecule has 0 spiro atoms. The summed E-state index contributed by atoms with van der Waals surface area (Å²) >= 11 is 0. The second kappa shape index (κ2) is 6.89. The second-order valence-electron chi connectivity index (χ2n) is 4.96. The molecule has 0 unspecified atom stereocenters. The molecule has 0 aliphatic rings. The van der Waals surface area contributed by atoms with E-state index in [4.69, 9.17) is 4.42 Å². The fraction of sp³-hybridized carbons (Fsp3) is 0.250. The van der Waals surface area contributed by atoms with E-state index >= 15 is 0 Å². The molecule has 116 valence electrons. The number of furan rings is 1. The number of carbonyl (C=O) groups is 2. The van der Waals surface area contributed by atoms with Crippen LogP contribution in [0, 0.1) is 12.7 Å². The van der Waals surface area contributed by atoms with Crippen LogP contribution in [0.25, 0.3) is 0 Å². The molecule has 0 aliphatic heterocycles. The second-order valence-corrected chi connectivity index (χ2v) is 4.96. The van der Waals surface area contributed by atoms with Crippen LogP contribution in [-0.2, 0) is 11.3 Å². The average Bonchev–Trinajstić information content (AvgIpc) is 3.00. The fourth-order valence-corrected chi connectivity index (χ4v) is 1.82. The van der Waals surface area contributed by atoms with Crippen LogP contribution < -0.4 is 10.6 Å². The maximum atomic E-state index is 13.4. The molecular weight excluding hydrogens is 287 g/mol. The highest BCUT2D eigenvalue weighted by Crippen LogP contribution is 2.09. The van der Waals surface area contributed by atoms with Gasteiger partial charge in [0.2, 0.25) is 5.91 Å². The van der Waals surface area contributed by atoms with Gasteiger partial charge in [0.15, 0.2) is 0 Å². The Balaban J connectivity index is 1.89. The van der Waals surface area contributed by atoms with Gasteiger partial charge in [0, 0.05) is 5.56 Å². The van der Waals surface area contributed by atoms with E-state index in [1.165, 1.54) is 18.4 Å². The van der Waals surface area contributed by atoms with Crippen LogP contribution in [0.1, 0.15) is 28.6 Å². The Morgan fingerprint density at radius 3 is 2.73 bits per heavy atom. The Hall–Kier alpha value is -2.63. The van der Waals surface area contributed by atoms with E-state index in [1.807, 2.05) is 0 Å². The highest BCUT2D eigenvalue weighted by molar-refractivity contribution is 5.97. The predicted molar refractivity (Wildman–Crippen MR) is 78.6 cm³/mol. The molecule has 2 amide bonds. The van der Waals surface area contributed by atoms with E-state index in [2.05, 4.69) is 10.6 Å². The standard InChI is InChI=1S/C16H17FN2O3/c1-10-5-6-12(8-14(10)17)16(21)19-11(2)15(20)18-9-13-4-3-7-22-13/h3-8,11H,9H2,1-2H3,(H,18,20)(H,19,21)/t11-/m0/s1. The Morgan fingerprint density at radius 1 is 1.32 bits per heavy atom. The minimum absolute atomic E-state index is 0.175. The summed E-state index contributed by atoms with van der Waals surface area (Å²) in [6, 6.07) is 6.90. The summed E-state index contributed by atoms with van der Waals surface area (Å²) in [5.74, 6) is -0.688. The van der Waals surface area contributed by atoms with Crippen molar-refractivity contribution in [2.45, 2.75) is 26.4 Å². The summed E-state index contributed by atoms with van der Waals surface area (Å²) in [7, 11) is 0.